The summed E-state index contributed by atoms with van der Waals surface area (Å²) in [5, 5.41) is 13.8. The number of carboxylic acid groups (broad SMARTS) is 1. The summed E-state index contributed by atoms with van der Waals surface area (Å²) in [4.78, 5) is 25.1. The van der Waals surface area contributed by atoms with Crippen LogP contribution in [0, 0.1) is 11.3 Å². The molecule has 0 spiro atoms. The Kier molecular flexibility index (Phi) is 9.67. The van der Waals surface area contributed by atoms with Crippen LogP contribution in [-0.4, -0.2) is 41.6 Å². The summed E-state index contributed by atoms with van der Waals surface area (Å²) in [6.07, 6.45) is 3.79. The van der Waals surface area contributed by atoms with Gasteiger partial charge < -0.3 is 15.0 Å². The molecule has 2 aromatic rings. The van der Waals surface area contributed by atoms with E-state index in [4.69, 9.17) is 23.2 Å². The summed E-state index contributed by atoms with van der Waals surface area (Å²) in [6, 6.07) is 13.9. The second-order valence-electron chi connectivity index (χ2n) is 11.8. The molecule has 1 heterocycles. The molecule has 4 rings (SSSR count). The quantitative estimate of drug-likeness (QED) is 0.278. The minimum Gasteiger partial charge on any atom is -0.760 e. The van der Waals surface area contributed by atoms with E-state index in [1.807, 2.05) is 44.2 Å². The molecule has 2 aliphatic rings. The molecule has 10 heteroatoms. The number of nitrogens with one attached hydrogen (secondary N) is 1. The summed E-state index contributed by atoms with van der Waals surface area (Å²) < 4.78 is 27.4. The predicted octanol–water partition coefficient (Wildman–Crippen LogP) is 6.64. The van der Waals surface area contributed by atoms with E-state index >= 15 is 0 Å². The number of hydrogen-bond acceptors (Lipinski definition) is 4. The van der Waals surface area contributed by atoms with E-state index in [-0.39, 0.29) is 30.2 Å². The molecule has 0 aromatic heterocycles. The van der Waals surface area contributed by atoms with Gasteiger partial charge in [0.1, 0.15) is 0 Å². The Balaban J connectivity index is 1.73. The van der Waals surface area contributed by atoms with Crippen molar-refractivity contribution in [2.75, 3.05) is 0 Å². The van der Waals surface area contributed by atoms with Crippen LogP contribution in [0.3, 0.4) is 0 Å². The molecule has 1 amide bonds. The van der Waals surface area contributed by atoms with Gasteiger partial charge in [-0.1, -0.05) is 68.2 Å². The van der Waals surface area contributed by atoms with Crippen LogP contribution in [0.2, 0.25) is 10.0 Å². The fourth-order valence-electron chi connectivity index (χ4n) is 6.68. The third-order valence-corrected chi connectivity index (χ3v) is 10.5. The van der Waals surface area contributed by atoms with Crippen molar-refractivity contribution >= 4 is 46.3 Å². The van der Waals surface area contributed by atoms with Crippen molar-refractivity contribution in [3.63, 3.8) is 0 Å². The zero-order valence-corrected chi connectivity index (χ0v) is 25.4. The molecule has 1 aliphatic carbocycles. The summed E-state index contributed by atoms with van der Waals surface area (Å²) in [5.74, 6) is -1.71. The summed E-state index contributed by atoms with van der Waals surface area (Å²) in [5.41, 5.74) is 0.221. The van der Waals surface area contributed by atoms with Crippen LogP contribution < -0.4 is 5.32 Å². The van der Waals surface area contributed by atoms with Crippen LogP contribution >= 0.6 is 23.2 Å². The lowest BCUT2D eigenvalue weighted by Crippen LogP contribution is -2.58. The first-order chi connectivity index (χ1) is 18.9. The number of carboxylic acids is 1. The predicted molar refractivity (Wildman–Crippen MR) is 157 cm³/mol. The first kappa shape index (κ1) is 31.0. The Hall–Kier alpha value is -1.97. The second kappa shape index (κ2) is 12.5. The first-order valence-corrected chi connectivity index (χ1v) is 15.6. The molecule has 218 valence electrons. The van der Waals surface area contributed by atoms with Gasteiger partial charge in [-0.25, -0.2) is 4.31 Å². The Morgan fingerprint density at radius 2 is 1.88 bits per heavy atom. The number of aliphatic carboxylic acids is 1. The molecule has 2 N–H and O–H groups in total. The number of rotatable bonds is 11. The zero-order chi connectivity index (χ0) is 29.2. The van der Waals surface area contributed by atoms with Crippen molar-refractivity contribution in [1.82, 2.24) is 9.62 Å². The number of hydrogen-bond donors (Lipinski definition) is 2. The molecule has 40 heavy (non-hydrogen) atoms. The normalized spacial score (nSPS) is 26.4. The van der Waals surface area contributed by atoms with Crippen molar-refractivity contribution in [2.24, 2.45) is 11.3 Å². The Labute approximate surface area is 249 Å². The van der Waals surface area contributed by atoms with Gasteiger partial charge in [0, 0.05) is 44.9 Å². The Bertz CT molecular complexity index is 1250. The monoisotopic (exact) mass is 607 g/mol. The Morgan fingerprint density at radius 1 is 1.20 bits per heavy atom. The molecule has 1 aliphatic heterocycles. The molecule has 6 unspecified atom stereocenters. The molecule has 0 radical (unpaired) electrons. The van der Waals surface area contributed by atoms with Crippen LogP contribution in [0.5, 0.6) is 0 Å². The van der Waals surface area contributed by atoms with Gasteiger partial charge in [0.25, 0.3) is 0 Å². The standard InChI is InChI=1S/C30H38Cl2N2O5S/c1-4-30(13-6-14-30)34(40(38)39)25(20-9-11-22(31)12-10-20)15-19(2)27-24(21-7-5-8-23(32)16-21)17-29(3,18-26(35)36)28(37)33-27/h5,7-12,16,19,24-25,27H,4,6,13-15,17-18H2,1-3H3,(H,33,37)(H,35,36)(H,38,39)/p-1. The largest absolute Gasteiger partial charge is 0.760 e. The van der Waals surface area contributed by atoms with Gasteiger partial charge in [0.2, 0.25) is 5.91 Å². The average Bonchev–Trinajstić information content (AvgIpc) is 2.86. The van der Waals surface area contributed by atoms with Gasteiger partial charge in [-0.3, -0.25) is 13.8 Å². The molecule has 0 bridgehead atoms. The maximum atomic E-state index is 13.4. The van der Waals surface area contributed by atoms with Crippen molar-refractivity contribution < 1.29 is 23.5 Å². The summed E-state index contributed by atoms with van der Waals surface area (Å²) in [7, 11) is 0. The summed E-state index contributed by atoms with van der Waals surface area (Å²) >= 11 is 10.1. The van der Waals surface area contributed by atoms with Crippen LogP contribution in [0.15, 0.2) is 48.5 Å². The van der Waals surface area contributed by atoms with E-state index in [2.05, 4.69) is 5.32 Å². The number of amides is 1. The van der Waals surface area contributed by atoms with Crippen molar-refractivity contribution in [1.29, 1.82) is 0 Å². The smallest absolute Gasteiger partial charge is 0.304 e. The number of benzene rings is 2. The lowest BCUT2D eigenvalue weighted by Gasteiger charge is -2.54. The molecule has 2 fully saturated rings. The molecular formula is C30H37Cl2N2O5S-. The third-order valence-electron chi connectivity index (χ3n) is 9.08. The lowest BCUT2D eigenvalue weighted by atomic mass is 9.66. The highest BCUT2D eigenvalue weighted by molar-refractivity contribution is 7.76. The average molecular weight is 609 g/mol. The third kappa shape index (κ3) is 6.41. The highest BCUT2D eigenvalue weighted by atomic mass is 35.5. The molecular weight excluding hydrogens is 571 g/mol. The number of halogens is 2. The van der Waals surface area contributed by atoms with E-state index in [1.165, 1.54) is 0 Å². The van der Waals surface area contributed by atoms with E-state index in [9.17, 15) is 23.5 Å². The van der Waals surface area contributed by atoms with Gasteiger partial charge in [-0.15, -0.1) is 0 Å². The fraction of sp³-hybridized carbons (Fsp3) is 0.533. The van der Waals surface area contributed by atoms with Crippen molar-refractivity contribution in [3.8, 4) is 0 Å². The minimum absolute atomic E-state index is 0.164. The first-order valence-electron chi connectivity index (χ1n) is 13.8. The Morgan fingerprint density at radius 3 is 2.40 bits per heavy atom. The van der Waals surface area contributed by atoms with Gasteiger partial charge in [0.05, 0.1) is 11.8 Å². The highest BCUT2D eigenvalue weighted by Crippen LogP contribution is 2.49. The highest BCUT2D eigenvalue weighted by Gasteiger charge is 2.49. The van der Waals surface area contributed by atoms with Gasteiger partial charge in [-0.2, -0.15) is 0 Å². The number of carbonyl (C=O) groups excluding carboxylic acids is 1. The van der Waals surface area contributed by atoms with E-state index in [1.54, 1.807) is 29.4 Å². The second-order valence-corrected chi connectivity index (χ2v) is 13.5. The molecule has 7 nitrogen and oxygen atoms in total. The summed E-state index contributed by atoms with van der Waals surface area (Å²) in [6.45, 7) is 5.74. The zero-order valence-electron chi connectivity index (χ0n) is 23.1. The number of nitrogens with zero attached hydrogens (tertiary/aromatic N) is 1. The molecule has 1 saturated heterocycles. The maximum absolute atomic E-state index is 13.4. The maximum Gasteiger partial charge on any atom is 0.304 e. The van der Waals surface area contributed by atoms with Crippen LogP contribution in [0.25, 0.3) is 0 Å². The van der Waals surface area contributed by atoms with E-state index < -0.39 is 34.2 Å². The van der Waals surface area contributed by atoms with Gasteiger partial charge in [-0.05, 0) is 79.8 Å². The molecule has 6 atom stereocenters. The minimum atomic E-state index is -2.47. The number of piperidine rings is 1. The van der Waals surface area contributed by atoms with Crippen LogP contribution in [0.1, 0.15) is 88.8 Å². The van der Waals surface area contributed by atoms with E-state index in [0.29, 0.717) is 29.3 Å². The van der Waals surface area contributed by atoms with Crippen molar-refractivity contribution in [3.05, 3.63) is 69.7 Å². The molecule has 2 aromatic carbocycles. The van der Waals surface area contributed by atoms with Crippen LogP contribution in [0.4, 0.5) is 0 Å². The number of carbonyl (C=O) groups is 2. The lowest BCUT2D eigenvalue weighted by molar-refractivity contribution is -0.147. The van der Waals surface area contributed by atoms with Crippen molar-refractivity contribution in [2.45, 2.75) is 89.3 Å². The van der Waals surface area contributed by atoms with Crippen LogP contribution in [-0.2, 0) is 20.9 Å². The SMILES string of the molecule is CCC1(N(C(CC(C)C2NC(=O)C(C)(CC(=O)O)CC2c2cccc(Cl)c2)c2ccc(Cl)cc2)S(=O)[O-])CCC1. The van der Waals surface area contributed by atoms with E-state index in [0.717, 1.165) is 30.4 Å². The van der Waals surface area contributed by atoms with Gasteiger partial charge in [0.15, 0.2) is 0 Å². The molecule has 1 saturated carbocycles. The fourth-order valence-corrected chi connectivity index (χ4v) is 8.05. The van der Waals surface area contributed by atoms with Gasteiger partial charge >= 0.3 is 5.97 Å². The topological polar surface area (TPSA) is 110 Å².